The molecule has 0 amide bonds. The fourth-order valence-corrected chi connectivity index (χ4v) is 10.2. The third kappa shape index (κ3) is 3.75. The van der Waals surface area contributed by atoms with E-state index >= 15 is 0 Å². The SMILES string of the molecule is Cc1nn(-c2ccccc2)c2c1P(=S)(Nc1cccc(Br)c1)/C(=C1/N(C)c3ccccc3C1(C)C)C=N2. The highest BCUT2D eigenvalue weighted by Gasteiger charge is 2.45. The van der Waals surface area contributed by atoms with Crippen molar-refractivity contribution in [3.05, 3.63) is 106 Å². The number of anilines is 2. The second kappa shape index (κ2) is 8.80. The molecule has 0 fully saturated rings. The van der Waals surface area contributed by atoms with Crippen molar-refractivity contribution in [1.82, 2.24) is 9.78 Å². The fraction of sp³-hybridized carbons (Fsp3) is 0.172. The molecule has 2 aliphatic heterocycles. The molecule has 0 saturated heterocycles. The summed E-state index contributed by atoms with van der Waals surface area (Å²) < 4.78 is 2.92. The summed E-state index contributed by atoms with van der Waals surface area (Å²) in [5, 5.41) is 10.9. The first kappa shape index (κ1) is 24.4. The van der Waals surface area contributed by atoms with E-state index in [4.69, 9.17) is 21.9 Å². The number of likely N-dealkylation sites (N-methyl/N-ethyl adjacent to an activating group) is 1. The number of fused-ring (bicyclic) bond motifs is 2. The number of nitrogens with zero attached hydrogens (tertiary/aromatic N) is 4. The Morgan fingerprint density at radius 2 is 1.70 bits per heavy atom. The molecule has 6 rings (SSSR count). The summed E-state index contributed by atoms with van der Waals surface area (Å²) >= 11 is 10.4. The number of nitrogens with one attached hydrogen (secondary N) is 1. The quantitative estimate of drug-likeness (QED) is 0.253. The van der Waals surface area contributed by atoms with Gasteiger partial charge in [-0.25, -0.2) is 9.67 Å². The Hall–Kier alpha value is -2.99. The molecule has 0 bridgehead atoms. The zero-order valence-corrected chi connectivity index (χ0v) is 24.4. The number of allylic oxidation sites excluding steroid dienone is 2. The Labute approximate surface area is 231 Å². The third-order valence-electron chi connectivity index (χ3n) is 7.19. The Morgan fingerprint density at radius 1 is 0.973 bits per heavy atom. The monoisotopic (exact) mass is 587 g/mol. The summed E-state index contributed by atoms with van der Waals surface area (Å²) in [6.07, 6.45) is -0.625. The average Bonchev–Trinajstić information content (AvgIpc) is 3.32. The van der Waals surface area contributed by atoms with Gasteiger partial charge in [0.2, 0.25) is 0 Å². The number of rotatable bonds is 3. The largest absolute Gasteiger partial charge is 0.350 e. The molecule has 5 nitrogen and oxygen atoms in total. The molecule has 8 heteroatoms. The Balaban J connectivity index is 1.64. The van der Waals surface area contributed by atoms with Gasteiger partial charge in [0.05, 0.1) is 22.9 Å². The second-order valence-electron chi connectivity index (χ2n) is 9.93. The molecular weight excluding hydrogens is 561 g/mol. The van der Waals surface area contributed by atoms with Gasteiger partial charge in [0.25, 0.3) is 0 Å². The van der Waals surface area contributed by atoms with Crippen LogP contribution in [0.2, 0.25) is 0 Å². The second-order valence-corrected chi connectivity index (χ2v) is 14.9. The average molecular weight is 589 g/mol. The van der Waals surface area contributed by atoms with Crippen LogP contribution in [0, 0.1) is 6.92 Å². The maximum absolute atomic E-state index is 6.76. The van der Waals surface area contributed by atoms with E-state index in [0.29, 0.717) is 0 Å². The van der Waals surface area contributed by atoms with Gasteiger partial charge in [-0.3, -0.25) is 0 Å². The fourth-order valence-electron chi connectivity index (χ4n) is 5.58. The number of para-hydroxylation sites is 2. The number of halogens is 1. The lowest BCUT2D eigenvalue weighted by Crippen LogP contribution is -2.29. The van der Waals surface area contributed by atoms with Crippen LogP contribution in [0.1, 0.15) is 25.1 Å². The lowest BCUT2D eigenvalue weighted by atomic mass is 9.84. The summed E-state index contributed by atoms with van der Waals surface area (Å²) in [6.45, 7) is 6.60. The van der Waals surface area contributed by atoms with E-state index in [0.717, 1.165) is 38.0 Å². The van der Waals surface area contributed by atoms with Gasteiger partial charge in [-0.2, -0.15) is 5.10 Å². The highest BCUT2D eigenvalue weighted by molar-refractivity contribution is 9.10. The van der Waals surface area contributed by atoms with Crippen molar-refractivity contribution < 1.29 is 0 Å². The maximum atomic E-state index is 6.76. The number of aryl methyl sites for hydroxylation is 1. The number of benzene rings is 3. The van der Waals surface area contributed by atoms with Crippen LogP contribution in [0.25, 0.3) is 5.69 Å². The van der Waals surface area contributed by atoms with Gasteiger partial charge in [0, 0.05) is 45.5 Å². The van der Waals surface area contributed by atoms with Gasteiger partial charge in [-0.1, -0.05) is 84.0 Å². The molecule has 1 atom stereocenters. The molecular formula is C29H27BrN5PS. The minimum absolute atomic E-state index is 0.240. The number of hydrogen-bond donors (Lipinski definition) is 1. The van der Waals surface area contributed by atoms with Crippen LogP contribution in [0.3, 0.4) is 0 Å². The van der Waals surface area contributed by atoms with Crippen molar-refractivity contribution in [2.45, 2.75) is 26.2 Å². The van der Waals surface area contributed by atoms with E-state index in [1.54, 1.807) is 0 Å². The molecule has 186 valence electrons. The molecule has 1 aromatic heterocycles. The molecule has 1 N–H and O–H groups in total. The van der Waals surface area contributed by atoms with Crippen molar-refractivity contribution in [1.29, 1.82) is 0 Å². The lowest BCUT2D eigenvalue weighted by Gasteiger charge is -2.35. The first-order valence-electron chi connectivity index (χ1n) is 12.1. The summed E-state index contributed by atoms with van der Waals surface area (Å²) in [5.74, 6) is 0.801. The summed E-state index contributed by atoms with van der Waals surface area (Å²) in [7, 11) is 2.14. The molecule has 2 aliphatic rings. The standard InChI is InChI=1S/C29H27BrN5PS/c1-19-26-28(35(32-19)22-13-6-5-7-14-22)31-18-25(36(26,37)33-21-12-10-11-20(30)17-21)27-29(2,3)23-15-8-9-16-24(23)34(27)4/h5-18H,1-4H3,(H,33,37)/b27-25+. The van der Waals surface area contributed by atoms with Crippen LogP contribution in [0.4, 0.5) is 17.2 Å². The minimum atomic E-state index is -2.62. The van der Waals surface area contributed by atoms with Crippen LogP contribution in [0.15, 0.2) is 99.3 Å². The zero-order chi connectivity index (χ0) is 25.9. The highest BCUT2D eigenvalue weighted by atomic mass is 79.9. The van der Waals surface area contributed by atoms with Crippen LogP contribution in [0.5, 0.6) is 0 Å². The molecule has 37 heavy (non-hydrogen) atoms. The highest BCUT2D eigenvalue weighted by Crippen LogP contribution is 2.62. The normalized spacial score (nSPS) is 21.6. The van der Waals surface area contributed by atoms with Crippen LogP contribution in [-0.2, 0) is 17.2 Å². The molecule has 0 radical (unpaired) electrons. The third-order valence-corrected chi connectivity index (χ3v) is 11.8. The molecule has 0 aliphatic carbocycles. The van der Waals surface area contributed by atoms with Crippen LogP contribution in [-0.4, -0.2) is 23.0 Å². The van der Waals surface area contributed by atoms with Crippen molar-refractivity contribution in [2.24, 2.45) is 4.99 Å². The lowest BCUT2D eigenvalue weighted by molar-refractivity contribution is 0.639. The van der Waals surface area contributed by atoms with E-state index in [1.807, 2.05) is 60.3 Å². The Morgan fingerprint density at radius 3 is 2.43 bits per heavy atom. The summed E-state index contributed by atoms with van der Waals surface area (Å²) in [6, 6.07) is 26.9. The molecule has 4 aromatic rings. The topological polar surface area (TPSA) is 45.5 Å². The van der Waals surface area contributed by atoms with E-state index in [2.05, 4.69) is 83.2 Å². The maximum Gasteiger partial charge on any atom is 0.166 e. The van der Waals surface area contributed by atoms with Gasteiger partial charge >= 0.3 is 0 Å². The summed E-state index contributed by atoms with van der Waals surface area (Å²) in [5.41, 5.74) is 6.28. The van der Waals surface area contributed by atoms with Crippen molar-refractivity contribution in [2.75, 3.05) is 17.0 Å². The van der Waals surface area contributed by atoms with E-state index < -0.39 is 6.19 Å². The van der Waals surface area contributed by atoms with Crippen molar-refractivity contribution in [3.8, 4) is 5.69 Å². The van der Waals surface area contributed by atoms with E-state index in [1.165, 1.54) is 16.9 Å². The van der Waals surface area contributed by atoms with Gasteiger partial charge in [-0.15, -0.1) is 0 Å². The molecule has 3 heterocycles. The Kier molecular flexibility index (Phi) is 5.79. The predicted octanol–water partition coefficient (Wildman–Crippen LogP) is 7.43. The first-order chi connectivity index (χ1) is 17.7. The first-order valence-corrected chi connectivity index (χ1v) is 15.7. The van der Waals surface area contributed by atoms with Gasteiger partial charge in [0.15, 0.2) is 5.82 Å². The predicted molar refractivity (Wildman–Crippen MR) is 163 cm³/mol. The number of aliphatic imine (C=N–C) groups is 1. The molecule has 0 saturated carbocycles. The van der Waals surface area contributed by atoms with Crippen molar-refractivity contribution in [3.63, 3.8) is 0 Å². The molecule has 1 unspecified atom stereocenters. The van der Waals surface area contributed by atoms with E-state index in [9.17, 15) is 0 Å². The van der Waals surface area contributed by atoms with Gasteiger partial charge in [0.1, 0.15) is 0 Å². The molecule has 0 spiro atoms. The summed E-state index contributed by atoms with van der Waals surface area (Å²) in [4.78, 5) is 7.33. The zero-order valence-electron chi connectivity index (χ0n) is 21.1. The van der Waals surface area contributed by atoms with Gasteiger partial charge < -0.3 is 9.99 Å². The smallest absolute Gasteiger partial charge is 0.166 e. The molecule has 3 aromatic carbocycles. The Bertz CT molecular complexity index is 1650. The van der Waals surface area contributed by atoms with Gasteiger partial charge in [-0.05, 0) is 48.9 Å². The number of hydrogen-bond acceptors (Lipinski definition) is 4. The number of aromatic nitrogens is 2. The van der Waals surface area contributed by atoms with Crippen molar-refractivity contribution >= 4 is 62.6 Å². The van der Waals surface area contributed by atoms with E-state index in [-0.39, 0.29) is 5.41 Å². The minimum Gasteiger partial charge on any atom is -0.350 e. The van der Waals surface area contributed by atoms with Crippen LogP contribution < -0.4 is 15.3 Å². The van der Waals surface area contributed by atoms with Crippen LogP contribution >= 0.6 is 22.1 Å².